The smallest absolute Gasteiger partial charge is 0.277 e. The molecule has 1 rings (SSSR count). The molecule has 0 atom stereocenters. The van der Waals surface area contributed by atoms with Crippen molar-refractivity contribution in [2.45, 2.75) is 0 Å². The second kappa shape index (κ2) is 5.24. The highest BCUT2D eigenvalue weighted by atomic mass is 35.5. The molecule has 0 aliphatic heterocycles. The highest BCUT2D eigenvalue weighted by Gasteiger charge is 2.00. The third-order valence-electron chi connectivity index (χ3n) is 1.39. The lowest BCUT2D eigenvalue weighted by Gasteiger charge is -2.04. The number of hydrogen-bond donors (Lipinski definition) is 1. The van der Waals surface area contributed by atoms with E-state index >= 15 is 0 Å². The molecule has 4 nitrogen and oxygen atoms in total. The number of halogens is 1. The molecular weight excluding hydrogens is 204 g/mol. The Morgan fingerprint density at radius 1 is 1.50 bits per heavy atom. The van der Waals surface area contributed by atoms with Crippen molar-refractivity contribution < 1.29 is 9.53 Å². The maximum Gasteiger partial charge on any atom is 0.277 e. The molecule has 0 fully saturated rings. The molecule has 0 bridgehead atoms. The quantitative estimate of drug-likeness (QED) is 0.607. The molecule has 0 saturated heterocycles. The van der Waals surface area contributed by atoms with Gasteiger partial charge < -0.3 is 4.74 Å². The molecule has 0 unspecified atom stereocenters. The predicted octanol–water partition coefficient (Wildman–Crippen LogP) is 1.45. The van der Waals surface area contributed by atoms with Crippen molar-refractivity contribution >= 4 is 24.2 Å². The second-order valence-electron chi connectivity index (χ2n) is 2.44. The predicted molar refractivity (Wildman–Crippen MR) is 54.6 cm³/mol. The van der Waals surface area contributed by atoms with Crippen molar-refractivity contribution in [1.82, 2.24) is 5.43 Å². The van der Waals surface area contributed by atoms with E-state index in [4.69, 9.17) is 16.3 Å². The third-order valence-corrected chi connectivity index (χ3v) is 1.64. The van der Waals surface area contributed by atoms with E-state index in [1.54, 1.807) is 24.3 Å². The van der Waals surface area contributed by atoms with Gasteiger partial charge in [-0.05, 0) is 24.3 Å². The van der Waals surface area contributed by atoms with Gasteiger partial charge in [-0.1, -0.05) is 11.6 Å². The van der Waals surface area contributed by atoms with E-state index < -0.39 is 0 Å². The largest absolute Gasteiger partial charge is 0.484 e. The lowest BCUT2D eigenvalue weighted by atomic mass is 10.3. The summed E-state index contributed by atoms with van der Waals surface area (Å²) in [4.78, 5) is 10.9. The number of nitrogens with zero attached hydrogens (tertiary/aromatic N) is 1. The summed E-state index contributed by atoms with van der Waals surface area (Å²) in [5.41, 5.74) is 2.15. The average molecular weight is 213 g/mol. The highest BCUT2D eigenvalue weighted by molar-refractivity contribution is 6.30. The number of amides is 1. The first-order valence-corrected chi connectivity index (χ1v) is 4.23. The van der Waals surface area contributed by atoms with Crippen LogP contribution in [-0.2, 0) is 4.79 Å². The zero-order valence-electron chi connectivity index (χ0n) is 7.37. The minimum atomic E-state index is -0.352. The first-order valence-electron chi connectivity index (χ1n) is 3.85. The van der Waals surface area contributed by atoms with E-state index in [1.807, 2.05) is 0 Å². The summed E-state index contributed by atoms with van der Waals surface area (Å²) in [6.45, 7) is 3.02. The van der Waals surface area contributed by atoms with Crippen LogP contribution in [0.5, 0.6) is 5.75 Å². The van der Waals surface area contributed by atoms with E-state index in [-0.39, 0.29) is 12.5 Å². The molecule has 1 N–H and O–H groups in total. The molecule has 0 spiro atoms. The fraction of sp³-hybridized carbons (Fsp3) is 0.111. The maximum atomic E-state index is 10.9. The second-order valence-corrected chi connectivity index (χ2v) is 2.87. The van der Waals surface area contributed by atoms with Gasteiger partial charge in [-0.15, -0.1) is 0 Å². The minimum Gasteiger partial charge on any atom is -0.484 e. The average Bonchev–Trinajstić information content (AvgIpc) is 2.17. The fourth-order valence-corrected chi connectivity index (χ4v) is 0.926. The fourth-order valence-electron chi connectivity index (χ4n) is 0.800. The van der Waals surface area contributed by atoms with Crippen LogP contribution in [0.2, 0.25) is 5.02 Å². The topological polar surface area (TPSA) is 50.7 Å². The maximum absolute atomic E-state index is 10.9. The summed E-state index contributed by atoms with van der Waals surface area (Å²) >= 11 is 5.67. The number of hydrazone groups is 1. The molecule has 1 amide bonds. The Labute approximate surface area is 86.5 Å². The zero-order valence-corrected chi connectivity index (χ0v) is 8.12. The summed E-state index contributed by atoms with van der Waals surface area (Å²) < 4.78 is 5.12. The molecule has 0 heterocycles. The number of benzene rings is 1. The van der Waals surface area contributed by atoms with Crippen molar-refractivity contribution in [3.8, 4) is 5.75 Å². The Kier molecular flexibility index (Phi) is 3.94. The lowest BCUT2D eigenvalue weighted by Crippen LogP contribution is -2.23. The van der Waals surface area contributed by atoms with E-state index in [0.29, 0.717) is 10.8 Å². The van der Waals surface area contributed by atoms with Gasteiger partial charge in [0.2, 0.25) is 0 Å². The van der Waals surface area contributed by atoms with Crippen LogP contribution in [0.1, 0.15) is 0 Å². The first kappa shape index (κ1) is 10.5. The molecular formula is C9H9ClN2O2. The number of hydrogen-bond acceptors (Lipinski definition) is 3. The summed E-state index contributed by atoms with van der Waals surface area (Å²) in [5, 5.41) is 3.83. The summed E-state index contributed by atoms with van der Waals surface area (Å²) in [6, 6.07) is 6.72. The molecule has 74 valence electrons. The van der Waals surface area contributed by atoms with Crippen molar-refractivity contribution in [2.75, 3.05) is 6.61 Å². The van der Waals surface area contributed by atoms with Gasteiger partial charge in [-0.3, -0.25) is 4.79 Å². The van der Waals surface area contributed by atoms with Crippen molar-refractivity contribution in [3.05, 3.63) is 29.3 Å². The molecule has 0 aromatic heterocycles. The number of rotatable bonds is 4. The van der Waals surface area contributed by atoms with Crippen LogP contribution in [0.25, 0.3) is 0 Å². The van der Waals surface area contributed by atoms with Gasteiger partial charge in [0, 0.05) is 11.7 Å². The third kappa shape index (κ3) is 3.45. The molecule has 5 heteroatoms. The normalized spacial score (nSPS) is 9.21. The molecule has 0 saturated carbocycles. The van der Waals surface area contributed by atoms with Crippen molar-refractivity contribution in [3.63, 3.8) is 0 Å². The van der Waals surface area contributed by atoms with Gasteiger partial charge in [-0.2, -0.15) is 5.10 Å². The van der Waals surface area contributed by atoms with Gasteiger partial charge in [0.25, 0.3) is 5.91 Å². The van der Waals surface area contributed by atoms with Gasteiger partial charge in [-0.25, -0.2) is 5.43 Å². The first-order chi connectivity index (χ1) is 6.72. The molecule has 0 aliphatic carbocycles. The zero-order chi connectivity index (χ0) is 10.4. The lowest BCUT2D eigenvalue weighted by molar-refractivity contribution is -0.123. The standard InChI is InChI=1S/C9H9ClN2O2/c1-11-12-9(13)6-14-8-4-2-7(10)3-5-8/h2-5H,1,6H2,(H,12,13). The van der Waals surface area contributed by atoms with E-state index in [2.05, 4.69) is 17.2 Å². The number of nitrogens with one attached hydrogen (secondary N) is 1. The van der Waals surface area contributed by atoms with E-state index in [0.717, 1.165) is 0 Å². The van der Waals surface area contributed by atoms with Crippen LogP contribution in [0.15, 0.2) is 29.4 Å². The van der Waals surface area contributed by atoms with Gasteiger partial charge in [0.05, 0.1) is 0 Å². The number of ether oxygens (including phenoxy) is 1. The van der Waals surface area contributed by atoms with E-state index in [1.165, 1.54) is 0 Å². The van der Waals surface area contributed by atoms with E-state index in [9.17, 15) is 4.79 Å². The van der Waals surface area contributed by atoms with Gasteiger partial charge >= 0.3 is 0 Å². The Bertz CT molecular complexity index is 324. The minimum absolute atomic E-state index is 0.0966. The van der Waals surface area contributed by atoms with Crippen LogP contribution in [0.4, 0.5) is 0 Å². The summed E-state index contributed by atoms with van der Waals surface area (Å²) in [6.07, 6.45) is 0. The SMILES string of the molecule is C=NNC(=O)COc1ccc(Cl)cc1. The van der Waals surface area contributed by atoms with Gasteiger partial charge in [0.15, 0.2) is 6.61 Å². The Morgan fingerprint density at radius 3 is 2.71 bits per heavy atom. The molecule has 0 radical (unpaired) electrons. The number of carbonyl (C=O) groups is 1. The Balaban J connectivity index is 2.41. The number of carbonyl (C=O) groups excluding carboxylic acids is 1. The Hall–Kier alpha value is -1.55. The summed E-state index contributed by atoms with van der Waals surface area (Å²) in [7, 11) is 0. The Morgan fingerprint density at radius 2 is 2.14 bits per heavy atom. The molecule has 14 heavy (non-hydrogen) atoms. The van der Waals surface area contributed by atoms with Crippen molar-refractivity contribution in [1.29, 1.82) is 0 Å². The molecule has 1 aromatic carbocycles. The van der Waals surface area contributed by atoms with Crippen LogP contribution >= 0.6 is 11.6 Å². The van der Waals surface area contributed by atoms with Gasteiger partial charge in [0.1, 0.15) is 5.75 Å². The molecule has 1 aromatic rings. The van der Waals surface area contributed by atoms with Crippen LogP contribution in [0, 0.1) is 0 Å². The van der Waals surface area contributed by atoms with Crippen LogP contribution in [-0.4, -0.2) is 19.2 Å². The van der Waals surface area contributed by atoms with Crippen LogP contribution in [0.3, 0.4) is 0 Å². The van der Waals surface area contributed by atoms with Crippen molar-refractivity contribution in [2.24, 2.45) is 5.10 Å². The molecule has 0 aliphatic rings. The monoisotopic (exact) mass is 212 g/mol. The highest BCUT2D eigenvalue weighted by Crippen LogP contribution is 2.15. The summed E-state index contributed by atoms with van der Waals surface area (Å²) in [5.74, 6) is 0.226. The van der Waals surface area contributed by atoms with Crippen LogP contribution < -0.4 is 10.2 Å².